The molecule has 0 spiro atoms. The first-order valence-electron chi connectivity index (χ1n) is 11.5. The first-order valence-corrected chi connectivity index (χ1v) is 12.3. The van der Waals surface area contributed by atoms with Crippen molar-refractivity contribution in [3.8, 4) is 0 Å². The number of hydrogen-bond donors (Lipinski definition) is 1. The summed E-state index contributed by atoms with van der Waals surface area (Å²) in [5.74, 6) is 0.642. The second-order valence-corrected chi connectivity index (χ2v) is 10.1. The van der Waals surface area contributed by atoms with Crippen LogP contribution in [0.2, 0.25) is 0 Å². The van der Waals surface area contributed by atoms with Crippen LogP contribution in [0.15, 0.2) is 11.1 Å². The standard InChI is InChI=1S/C23H35N3O2S/c1-16(2)28-12-6-11-24-18-9-10-19-20(13-18)29-22-21(19)23(27)26(15-25-22)14-17-7-4-3-5-8-17/h15-18,24H,3-14H2,1-2H3. The first-order chi connectivity index (χ1) is 14.1. The van der Waals surface area contributed by atoms with Crippen molar-refractivity contribution in [3.05, 3.63) is 27.1 Å². The molecule has 0 saturated heterocycles. The van der Waals surface area contributed by atoms with E-state index < -0.39 is 0 Å². The van der Waals surface area contributed by atoms with Crippen LogP contribution >= 0.6 is 11.3 Å². The summed E-state index contributed by atoms with van der Waals surface area (Å²) in [4.78, 5) is 20.2. The average molecular weight is 418 g/mol. The fraction of sp³-hybridized carbons (Fsp3) is 0.739. The molecule has 1 fully saturated rings. The van der Waals surface area contributed by atoms with Crippen molar-refractivity contribution in [1.82, 2.24) is 14.9 Å². The number of nitrogens with one attached hydrogen (secondary N) is 1. The zero-order valence-electron chi connectivity index (χ0n) is 17.9. The maximum atomic E-state index is 13.2. The highest BCUT2D eigenvalue weighted by Gasteiger charge is 2.25. The molecule has 2 aromatic heterocycles. The van der Waals surface area contributed by atoms with Crippen molar-refractivity contribution in [2.24, 2.45) is 5.92 Å². The number of ether oxygens (including phenoxy) is 1. The molecule has 29 heavy (non-hydrogen) atoms. The molecule has 1 atom stereocenters. The van der Waals surface area contributed by atoms with Gasteiger partial charge in [-0.3, -0.25) is 9.36 Å². The zero-order valence-corrected chi connectivity index (χ0v) is 18.7. The van der Waals surface area contributed by atoms with E-state index >= 15 is 0 Å². The summed E-state index contributed by atoms with van der Waals surface area (Å²) in [7, 11) is 0. The highest BCUT2D eigenvalue weighted by Crippen LogP contribution is 2.34. The average Bonchev–Trinajstić information content (AvgIpc) is 3.09. The third kappa shape index (κ3) is 5.09. The van der Waals surface area contributed by atoms with Crippen LogP contribution in [0.25, 0.3) is 10.2 Å². The summed E-state index contributed by atoms with van der Waals surface area (Å²) in [6.07, 6.45) is 12.7. The maximum absolute atomic E-state index is 13.2. The smallest absolute Gasteiger partial charge is 0.262 e. The lowest BCUT2D eigenvalue weighted by atomic mass is 9.89. The SMILES string of the molecule is CC(C)OCCCNC1CCc2c(sc3ncn(CC4CCCCC4)c(=O)c23)C1. The van der Waals surface area contributed by atoms with E-state index in [2.05, 4.69) is 24.1 Å². The molecule has 0 radical (unpaired) electrons. The van der Waals surface area contributed by atoms with Crippen LogP contribution in [0.3, 0.4) is 0 Å². The molecule has 5 nitrogen and oxygen atoms in total. The van der Waals surface area contributed by atoms with Crippen molar-refractivity contribution in [1.29, 1.82) is 0 Å². The minimum atomic E-state index is 0.190. The van der Waals surface area contributed by atoms with Gasteiger partial charge in [-0.05, 0) is 70.4 Å². The van der Waals surface area contributed by atoms with Gasteiger partial charge in [0.2, 0.25) is 0 Å². The molecule has 4 rings (SSSR count). The van der Waals surface area contributed by atoms with Gasteiger partial charge in [-0.2, -0.15) is 0 Å². The van der Waals surface area contributed by atoms with Crippen LogP contribution in [0.1, 0.15) is 69.2 Å². The van der Waals surface area contributed by atoms with E-state index in [1.165, 1.54) is 42.5 Å². The molecule has 2 aliphatic rings. The number of hydrogen-bond acceptors (Lipinski definition) is 5. The lowest BCUT2D eigenvalue weighted by molar-refractivity contribution is 0.0766. The number of aryl methyl sites for hydroxylation is 1. The Morgan fingerprint density at radius 2 is 2.10 bits per heavy atom. The predicted octanol–water partition coefficient (Wildman–Crippen LogP) is 4.30. The summed E-state index contributed by atoms with van der Waals surface area (Å²) >= 11 is 1.73. The quantitative estimate of drug-likeness (QED) is 0.651. The van der Waals surface area contributed by atoms with Gasteiger partial charge < -0.3 is 10.1 Å². The fourth-order valence-corrected chi connectivity index (χ4v) is 6.11. The van der Waals surface area contributed by atoms with E-state index in [4.69, 9.17) is 4.74 Å². The van der Waals surface area contributed by atoms with E-state index in [9.17, 15) is 4.79 Å². The topological polar surface area (TPSA) is 56.1 Å². The van der Waals surface area contributed by atoms with Gasteiger partial charge in [0.15, 0.2) is 0 Å². The molecule has 1 N–H and O–H groups in total. The van der Waals surface area contributed by atoms with Gasteiger partial charge in [-0.1, -0.05) is 19.3 Å². The van der Waals surface area contributed by atoms with Crippen molar-refractivity contribution >= 4 is 21.6 Å². The van der Waals surface area contributed by atoms with Crippen molar-refractivity contribution in [2.75, 3.05) is 13.2 Å². The molecule has 0 amide bonds. The largest absolute Gasteiger partial charge is 0.379 e. The monoisotopic (exact) mass is 417 g/mol. The molecular weight excluding hydrogens is 382 g/mol. The Kier molecular flexibility index (Phi) is 7.04. The zero-order chi connectivity index (χ0) is 20.2. The number of aromatic nitrogens is 2. The molecular formula is C23H35N3O2S. The summed E-state index contributed by atoms with van der Waals surface area (Å²) in [5.41, 5.74) is 1.47. The molecule has 1 saturated carbocycles. The summed E-state index contributed by atoms with van der Waals surface area (Å²) in [6, 6.07) is 0.499. The second kappa shape index (κ2) is 9.71. The van der Waals surface area contributed by atoms with Gasteiger partial charge in [0.05, 0.1) is 17.8 Å². The molecule has 2 aromatic rings. The minimum Gasteiger partial charge on any atom is -0.379 e. The Morgan fingerprint density at radius 3 is 2.90 bits per heavy atom. The van der Waals surface area contributed by atoms with Crippen LogP contribution in [-0.4, -0.2) is 34.8 Å². The van der Waals surface area contributed by atoms with Crippen molar-refractivity contribution < 1.29 is 4.74 Å². The van der Waals surface area contributed by atoms with Gasteiger partial charge in [0.25, 0.3) is 5.56 Å². The summed E-state index contributed by atoms with van der Waals surface area (Å²) in [6.45, 7) is 6.80. The Balaban J connectivity index is 1.41. The molecule has 1 unspecified atom stereocenters. The van der Waals surface area contributed by atoms with Crippen LogP contribution in [0.5, 0.6) is 0 Å². The molecule has 0 aromatic carbocycles. The normalized spacial score (nSPS) is 20.4. The third-order valence-electron chi connectivity index (χ3n) is 6.42. The van der Waals surface area contributed by atoms with E-state index in [-0.39, 0.29) is 5.56 Å². The summed E-state index contributed by atoms with van der Waals surface area (Å²) in [5, 5.41) is 4.59. The molecule has 0 bridgehead atoms. The molecule has 160 valence electrons. The molecule has 2 aliphatic carbocycles. The van der Waals surface area contributed by atoms with Gasteiger partial charge in [0, 0.05) is 24.1 Å². The molecule has 6 heteroatoms. The van der Waals surface area contributed by atoms with Gasteiger partial charge in [0.1, 0.15) is 4.83 Å². The van der Waals surface area contributed by atoms with Crippen molar-refractivity contribution in [3.63, 3.8) is 0 Å². The van der Waals surface area contributed by atoms with Gasteiger partial charge >= 0.3 is 0 Å². The number of rotatable bonds is 8. The lowest BCUT2D eigenvalue weighted by Gasteiger charge is -2.24. The predicted molar refractivity (Wildman–Crippen MR) is 120 cm³/mol. The maximum Gasteiger partial charge on any atom is 0.262 e. The van der Waals surface area contributed by atoms with E-state index in [0.717, 1.165) is 55.6 Å². The number of thiophene rings is 1. The number of fused-ring (bicyclic) bond motifs is 3. The van der Waals surface area contributed by atoms with E-state index in [0.29, 0.717) is 18.1 Å². The Morgan fingerprint density at radius 1 is 1.28 bits per heavy atom. The van der Waals surface area contributed by atoms with E-state index in [1.807, 2.05) is 4.57 Å². The highest BCUT2D eigenvalue weighted by molar-refractivity contribution is 7.18. The third-order valence-corrected chi connectivity index (χ3v) is 7.58. The molecule has 0 aliphatic heterocycles. The van der Waals surface area contributed by atoms with E-state index in [1.54, 1.807) is 17.7 Å². The van der Waals surface area contributed by atoms with Crippen LogP contribution in [-0.2, 0) is 24.1 Å². The van der Waals surface area contributed by atoms with Gasteiger partial charge in [-0.25, -0.2) is 4.98 Å². The Bertz CT molecular complexity index is 867. The fourth-order valence-electron chi connectivity index (χ4n) is 4.85. The van der Waals surface area contributed by atoms with Crippen LogP contribution in [0.4, 0.5) is 0 Å². The van der Waals surface area contributed by atoms with Crippen LogP contribution < -0.4 is 10.9 Å². The number of nitrogens with zero attached hydrogens (tertiary/aromatic N) is 2. The molecule has 2 heterocycles. The van der Waals surface area contributed by atoms with Crippen molar-refractivity contribution in [2.45, 2.75) is 90.3 Å². The Hall–Kier alpha value is -1.24. The highest BCUT2D eigenvalue weighted by atomic mass is 32.1. The summed E-state index contributed by atoms with van der Waals surface area (Å²) < 4.78 is 7.52. The Labute approximate surface area is 177 Å². The minimum absolute atomic E-state index is 0.190. The first kappa shape index (κ1) is 21.0. The second-order valence-electron chi connectivity index (χ2n) is 9.06. The van der Waals surface area contributed by atoms with Crippen LogP contribution in [0, 0.1) is 5.92 Å². The van der Waals surface area contributed by atoms with Gasteiger partial charge in [-0.15, -0.1) is 11.3 Å². The lowest BCUT2D eigenvalue weighted by Crippen LogP contribution is -2.35.